The molecule has 3 fully saturated rings. The molecule has 1 N–H and O–H groups in total. The molecule has 0 bridgehead atoms. The molecule has 20 heavy (non-hydrogen) atoms. The first-order valence-electron chi connectivity index (χ1n) is 8.90. The van der Waals surface area contributed by atoms with Gasteiger partial charge in [0, 0.05) is 19.1 Å². The largest absolute Gasteiger partial charge is 0.379 e. The van der Waals surface area contributed by atoms with Gasteiger partial charge in [-0.15, -0.1) is 0 Å². The molecular formula is C17H32N2O. The fraction of sp³-hybridized carbons (Fsp3) is 1.00. The van der Waals surface area contributed by atoms with Crippen molar-refractivity contribution in [1.82, 2.24) is 10.2 Å². The van der Waals surface area contributed by atoms with E-state index in [1.54, 1.807) is 0 Å². The highest BCUT2D eigenvalue weighted by Gasteiger charge is 2.37. The molecule has 0 aromatic heterocycles. The molecule has 0 atom stereocenters. The van der Waals surface area contributed by atoms with Crippen LogP contribution in [0.5, 0.6) is 0 Å². The third-order valence-corrected chi connectivity index (χ3v) is 5.90. The van der Waals surface area contributed by atoms with E-state index in [2.05, 4.69) is 10.2 Å². The minimum Gasteiger partial charge on any atom is -0.379 e. The highest BCUT2D eigenvalue weighted by Crippen LogP contribution is 2.48. The van der Waals surface area contributed by atoms with Crippen molar-refractivity contribution in [2.45, 2.75) is 63.8 Å². The second-order valence-corrected chi connectivity index (χ2v) is 7.24. The number of hydrogen-bond acceptors (Lipinski definition) is 3. The van der Waals surface area contributed by atoms with Gasteiger partial charge in [0.05, 0.1) is 13.2 Å². The second-order valence-electron chi connectivity index (χ2n) is 7.24. The average molecular weight is 280 g/mol. The maximum Gasteiger partial charge on any atom is 0.0594 e. The molecule has 3 aliphatic rings. The fourth-order valence-electron chi connectivity index (χ4n) is 4.49. The fourth-order valence-corrected chi connectivity index (χ4v) is 4.49. The Morgan fingerprint density at radius 2 is 1.70 bits per heavy atom. The maximum atomic E-state index is 5.39. The summed E-state index contributed by atoms with van der Waals surface area (Å²) in [5.41, 5.74) is 0.784. The zero-order chi connectivity index (χ0) is 13.7. The van der Waals surface area contributed by atoms with Crippen LogP contribution in [0.25, 0.3) is 0 Å². The van der Waals surface area contributed by atoms with E-state index >= 15 is 0 Å². The zero-order valence-electron chi connectivity index (χ0n) is 13.0. The molecule has 3 heteroatoms. The minimum atomic E-state index is 0.784. The van der Waals surface area contributed by atoms with Crippen LogP contribution in [0.15, 0.2) is 0 Å². The SMILES string of the molecule is C(CNC1CCC2(CCCC2)CC1)CN1CCOCC1. The Morgan fingerprint density at radius 1 is 1.00 bits per heavy atom. The molecule has 3 nitrogen and oxygen atoms in total. The van der Waals surface area contributed by atoms with Gasteiger partial charge in [0.1, 0.15) is 0 Å². The summed E-state index contributed by atoms with van der Waals surface area (Å²) in [6, 6.07) is 0.811. The van der Waals surface area contributed by atoms with Crippen LogP contribution in [0.4, 0.5) is 0 Å². The monoisotopic (exact) mass is 280 g/mol. The van der Waals surface area contributed by atoms with Gasteiger partial charge in [-0.05, 0) is 63.5 Å². The Balaban J connectivity index is 1.26. The Hall–Kier alpha value is -0.120. The second kappa shape index (κ2) is 7.24. The van der Waals surface area contributed by atoms with Gasteiger partial charge in [0.15, 0.2) is 0 Å². The van der Waals surface area contributed by atoms with E-state index in [4.69, 9.17) is 4.74 Å². The first-order valence-corrected chi connectivity index (χ1v) is 8.90. The van der Waals surface area contributed by atoms with E-state index < -0.39 is 0 Å². The van der Waals surface area contributed by atoms with Crippen molar-refractivity contribution in [3.63, 3.8) is 0 Å². The molecule has 1 heterocycles. The molecule has 1 saturated heterocycles. The van der Waals surface area contributed by atoms with E-state index in [9.17, 15) is 0 Å². The molecule has 2 saturated carbocycles. The molecule has 1 spiro atoms. The topological polar surface area (TPSA) is 24.5 Å². The van der Waals surface area contributed by atoms with Gasteiger partial charge >= 0.3 is 0 Å². The molecule has 0 aromatic carbocycles. The molecule has 0 amide bonds. The number of nitrogens with zero attached hydrogens (tertiary/aromatic N) is 1. The Labute approximate surface area is 124 Å². The van der Waals surface area contributed by atoms with Crippen molar-refractivity contribution < 1.29 is 4.74 Å². The van der Waals surface area contributed by atoms with Crippen LogP contribution in [0, 0.1) is 5.41 Å². The van der Waals surface area contributed by atoms with Crippen molar-refractivity contribution in [1.29, 1.82) is 0 Å². The minimum absolute atomic E-state index is 0.784. The summed E-state index contributed by atoms with van der Waals surface area (Å²) in [4.78, 5) is 2.54. The van der Waals surface area contributed by atoms with E-state index in [1.165, 1.54) is 70.9 Å². The molecular weight excluding hydrogens is 248 g/mol. The maximum absolute atomic E-state index is 5.39. The molecule has 116 valence electrons. The number of nitrogens with one attached hydrogen (secondary N) is 1. The van der Waals surface area contributed by atoms with E-state index in [1.807, 2.05) is 0 Å². The number of ether oxygens (including phenoxy) is 1. The van der Waals surface area contributed by atoms with E-state index in [-0.39, 0.29) is 0 Å². The average Bonchev–Trinajstić information content (AvgIpc) is 2.95. The quantitative estimate of drug-likeness (QED) is 0.784. The summed E-state index contributed by atoms with van der Waals surface area (Å²) in [6.07, 6.45) is 13.2. The Bertz CT molecular complexity index is 273. The van der Waals surface area contributed by atoms with E-state index in [0.717, 1.165) is 37.8 Å². The summed E-state index contributed by atoms with van der Waals surface area (Å²) >= 11 is 0. The van der Waals surface area contributed by atoms with Gasteiger partial charge in [0.25, 0.3) is 0 Å². The summed E-state index contributed by atoms with van der Waals surface area (Å²) in [5.74, 6) is 0. The smallest absolute Gasteiger partial charge is 0.0594 e. The highest BCUT2D eigenvalue weighted by atomic mass is 16.5. The summed E-state index contributed by atoms with van der Waals surface area (Å²) in [7, 11) is 0. The lowest BCUT2D eigenvalue weighted by Crippen LogP contribution is -2.40. The van der Waals surface area contributed by atoms with Crippen molar-refractivity contribution in [2.75, 3.05) is 39.4 Å². The van der Waals surface area contributed by atoms with Gasteiger partial charge in [-0.25, -0.2) is 0 Å². The van der Waals surface area contributed by atoms with Crippen LogP contribution in [-0.2, 0) is 4.74 Å². The standard InChI is InChI=1S/C17H32N2O/c1-2-7-17(6-1)8-4-16(5-9-17)18-10-3-11-19-12-14-20-15-13-19/h16,18H,1-15H2. The molecule has 3 rings (SSSR count). The molecule has 0 unspecified atom stereocenters. The first-order chi connectivity index (χ1) is 9.86. The molecule has 0 aromatic rings. The van der Waals surface area contributed by atoms with Gasteiger partial charge in [-0.1, -0.05) is 12.8 Å². The predicted molar refractivity (Wildman–Crippen MR) is 83.0 cm³/mol. The van der Waals surface area contributed by atoms with Gasteiger partial charge in [-0.3, -0.25) is 4.90 Å². The van der Waals surface area contributed by atoms with Crippen molar-refractivity contribution in [3.8, 4) is 0 Å². The van der Waals surface area contributed by atoms with Crippen molar-refractivity contribution >= 4 is 0 Å². The van der Waals surface area contributed by atoms with Crippen LogP contribution in [0.2, 0.25) is 0 Å². The van der Waals surface area contributed by atoms with Crippen LogP contribution < -0.4 is 5.32 Å². The van der Waals surface area contributed by atoms with E-state index in [0.29, 0.717) is 0 Å². The zero-order valence-corrected chi connectivity index (χ0v) is 13.0. The molecule has 0 radical (unpaired) electrons. The lowest BCUT2D eigenvalue weighted by atomic mass is 9.71. The van der Waals surface area contributed by atoms with Crippen LogP contribution in [-0.4, -0.2) is 50.3 Å². The van der Waals surface area contributed by atoms with Crippen molar-refractivity contribution in [2.24, 2.45) is 5.41 Å². The lowest BCUT2D eigenvalue weighted by molar-refractivity contribution is 0.0372. The van der Waals surface area contributed by atoms with Crippen LogP contribution >= 0.6 is 0 Å². The van der Waals surface area contributed by atoms with Crippen molar-refractivity contribution in [3.05, 3.63) is 0 Å². The summed E-state index contributed by atoms with van der Waals surface area (Å²) in [5, 5.41) is 3.81. The summed E-state index contributed by atoms with van der Waals surface area (Å²) < 4.78 is 5.39. The Morgan fingerprint density at radius 3 is 2.40 bits per heavy atom. The third kappa shape index (κ3) is 3.96. The number of rotatable bonds is 5. The van der Waals surface area contributed by atoms with Crippen LogP contribution in [0.1, 0.15) is 57.8 Å². The Kier molecular flexibility index (Phi) is 5.36. The van der Waals surface area contributed by atoms with Gasteiger partial charge in [0.2, 0.25) is 0 Å². The predicted octanol–water partition coefficient (Wildman–Crippen LogP) is 2.80. The summed E-state index contributed by atoms with van der Waals surface area (Å²) in [6.45, 7) is 6.57. The first kappa shape index (κ1) is 14.8. The van der Waals surface area contributed by atoms with Crippen LogP contribution in [0.3, 0.4) is 0 Å². The molecule has 2 aliphatic carbocycles. The number of morpholine rings is 1. The van der Waals surface area contributed by atoms with Gasteiger partial charge < -0.3 is 10.1 Å². The third-order valence-electron chi connectivity index (χ3n) is 5.90. The number of hydrogen-bond donors (Lipinski definition) is 1. The highest BCUT2D eigenvalue weighted by molar-refractivity contribution is 4.91. The van der Waals surface area contributed by atoms with Gasteiger partial charge in [-0.2, -0.15) is 0 Å². The molecule has 1 aliphatic heterocycles. The lowest BCUT2D eigenvalue weighted by Gasteiger charge is -2.37. The normalized spacial score (nSPS) is 28.2.